The first-order chi connectivity index (χ1) is 15.3. The van der Waals surface area contributed by atoms with Crippen LogP contribution >= 0.6 is 11.6 Å². The zero-order chi connectivity index (χ0) is 23.3. The van der Waals surface area contributed by atoms with Crippen molar-refractivity contribution in [1.82, 2.24) is 4.90 Å². The lowest BCUT2D eigenvalue weighted by Gasteiger charge is -2.25. The van der Waals surface area contributed by atoms with Crippen LogP contribution in [0.1, 0.15) is 48.9 Å². The lowest BCUT2D eigenvalue weighted by atomic mass is 9.81. The van der Waals surface area contributed by atoms with E-state index in [0.717, 1.165) is 42.4 Å². The van der Waals surface area contributed by atoms with Gasteiger partial charge >= 0.3 is 6.09 Å². The minimum absolute atomic E-state index is 0.145. The van der Waals surface area contributed by atoms with E-state index in [0.29, 0.717) is 29.6 Å². The van der Waals surface area contributed by atoms with Crippen molar-refractivity contribution in [3.8, 4) is 6.07 Å². The van der Waals surface area contributed by atoms with E-state index in [2.05, 4.69) is 6.07 Å². The van der Waals surface area contributed by atoms with Gasteiger partial charge in [-0.25, -0.2) is 9.18 Å². The van der Waals surface area contributed by atoms with Crippen molar-refractivity contribution in [2.75, 3.05) is 13.1 Å². The van der Waals surface area contributed by atoms with E-state index in [1.165, 1.54) is 6.07 Å². The van der Waals surface area contributed by atoms with E-state index in [-0.39, 0.29) is 23.9 Å². The number of hydrogen-bond acceptors (Lipinski definition) is 3. The SMILES string of the molecule is Cc1ccc(F)cc1CC(CCc1ccc(C#N)c(Cl)c1)C1CCN(C(=O)OC(C)C)C1. The van der Waals surface area contributed by atoms with Gasteiger partial charge in [0, 0.05) is 13.1 Å². The van der Waals surface area contributed by atoms with Gasteiger partial charge in [-0.1, -0.05) is 23.7 Å². The number of ether oxygens (including phenoxy) is 1. The Bertz CT molecular complexity index is 1000. The van der Waals surface area contributed by atoms with Crippen molar-refractivity contribution in [3.63, 3.8) is 0 Å². The van der Waals surface area contributed by atoms with E-state index >= 15 is 0 Å². The van der Waals surface area contributed by atoms with E-state index in [9.17, 15) is 9.18 Å². The van der Waals surface area contributed by atoms with Gasteiger partial charge in [0.1, 0.15) is 11.9 Å². The number of rotatable bonds is 7. The summed E-state index contributed by atoms with van der Waals surface area (Å²) in [7, 11) is 0. The Labute approximate surface area is 194 Å². The molecule has 2 atom stereocenters. The number of halogens is 2. The molecule has 1 aliphatic heterocycles. The van der Waals surface area contributed by atoms with Gasteiger partial charge < -0.3 is 9.64 Å². The summed E-state index contributed by atoms with van der Waals surface area (Å²) < 4.78 is 19.3. The Morgan fingerprint density at radius 1 is 1.31 bits per heavy atom. The van der Waals surface area contributed by atoms with Crippen LogP contribution in [0.5, 0.6) is 0 Å². The predicted octanol–water partition coefficient (Wildman–Crippen LogP) is 6.32. The van der Waals surface area contributed by atoms with Crippen LogP contribution in [0.2, 0.25) is 5.02 Å². The second-order valence-electron chi connectivity index (χ2n) is 8.93. The lowest BCUT2D eigenvalue weighted by Crippen LogP contribution is -2.32. The highest BCUT2D eigenvalue weighted by molar-refractivity contribution is 6.31. The highest BCUT2D eigenvalue weighted by atomic mass is 35.5. The zero-order valence-corrected chi connectivity index (χ0v) is 19.7. The van der Waals surface area contributed by atoms with Crippen LogP contribution in [0.25, 0.3) is 0 Å². The Morgan fingerprint density at radius 3 is 2.78 bits per heavy atom. The first-order valence-corrected chi connectivity index (χ1v) is 11.5. The van der Waals surface area contributed by atoms with Crippen molar-refractivity contribution in [2.45, 2.75) is 52.6 Å². The topological polar surface area (TPSA) is 53.3 Å². The molecule has 1 fully saturated rings. The number of nitrogens with zero attached hydrogens (tertiary/aromatic N) is 2. The molecule has 0 spiro atoms. The van der Waals surface area contributed by atoms with E-state index in [1.807, 2.05) is 39.0 Å². The molecule has 32 heavy (non-hydrogen) atoms. The maximum atomic E-state index is 13.9. The second kappa shape index (κ2) is 10.8. The highest BCUT2D eigenvalue weighted by Gasteiger charge is 2.33. The van der Waals surface area contributed by atoms with Crippen molar-refractivity contribution < 1.29 is 13.9 Å². The largest absolute Gasteiger partial charge is 0.447 e. The zero-order valence-electron chi connectivity index (χ0n) is 18.9. The van der Waals surface area contributed by atoms with Gasteiger partial charge in [-0.3, -0.25) is 0 Å². The molecule has 2 aromatic carbocycles. The van der Waals surface area contributed by atoms with Gasteiger partial charge in [0.2, 0.25) is 0 Å². The van der Waals surface area contributed by atoms with Crippen molar-refractivity contribution in [2.24, 2.45) is 11.8 Å². The molecule has 1 heterocycles. The molecule has 2 aromatic rings. The van der Waals surface area contributed by atoms with E-state index in [1.54, 1.807) is 17.0 Å². The normalized spacial score (nSPS) is 16.8. The third-order valence-electron chi connectivity index (χ3n) is 6.24. The van der Waals surface area contributed by atoms with Crippen LogP contribution in [-0.4, -0.2) is 30.2 Å². The number of carbonyl (C=O) groups excluding carboxylic acids is 1. The maximum Gasteiger partial charge on any atom is 0.410 e. The summed E-state index contributed by atoms with van der Waals surface area (Å²) in [5.41, 5.74) is 3.63. The molecule has 2 unspecified atom stereocenters. The summed E-state index contributed by atoms with van der Waals surface area (Å²) in [6.07, 6.45) is 2.94. The van der Waals surface area contributed by atoms with Gasteiger partial charge in [-0.15, -0.1) is 0 Å². The lowest BCUT2D eigenvalue weighted by molar-refractivity contribution is 0.0816. The molecule has 1 amide bonds. The monoisotopic (exact) mass is 456 g/mol. The van der Waals surface area contributed by atoms with Crippen LogP contribution in [0.4, 0.5) is 9.18 Å². The predicted molar refractivity (Wildman–Crippen MR) is 124 cm³/mol. The van der Waals surface area contributed by atoms with Crippen LogP contribution in [0.3, 0.4) is 0 Å². The minimum atomic E-state index is -0.262. The number of aryl methyl sites for hydroxylation is 2. The molecule has 1 saturated heterocycles. The number of benzene rings is 2. The molecule has 0 aromatic heterocycles. The summed E-state index contributed by atoms with van der Waals surface area (Å²) in [5, 5.41) is 9.56. The fourth-order valence-corrected chi connectivity index (χ4v) is 4.66. The fourth-order valence-electron chi connectivity index (χ4n) is 4.42. The van der Waals surface area contributed by atoms with Gasteiger partial charge in [0.25, 0.3) is 0 Å². The fraction of sp³-hybridized carbons (Fsp3) is 0.462. The summed E-state index contributed by atoms with van der Waals surface area (Å²) in [4.78, 5) is 14.2. The summed E-state index contributed by atoms with van der Waals surface area (Å²) in [6, 6.07) is 12.6. The molecular weight excluding hydrogens is 427 g/mol. The van der Waals surface area contributed by atoms with Crippen LogP contribution in [0.15, 0.2) is 36.4 Å². The average molecular weight is 457 g/mol. The van der Waals surface area contributed by atoms with Gasteiger partial charge in [0.05, 0.1) is 16.7 Å². The molecule has 4 nitrogen and oxygen atoms in total. The standard InChI is InChI=1S/C26H30ClFN2O2/c1-17(2)32-26(31)30-11-10-22(16-30)20(13-23-14-24(28)9-4-18(23)3)7-5-19-6-8-21(15-29)25(27)12-19/h4,6,8-9,12,14,17,20,22H,5,7,10-11,13,16H2,1-3H3. The number of amides is 1. The maximum absolute atomic E-state index is 13.9. The number of carbonyl (C=O) groups is 1. The van der Waals surface area contributed by atoms with Gasteiger partial charge in [-0.2, -0.15) is 5.26 Å². The molecule has 0 N–H and O–H groups in total. The molecular formula is C26H30ClFN2O2. The third kappa shape index (κ3) is 6.23. The molecule has 3 rings (SSSR count). The Kier molecular flexibility index (Phi) is 8.15. The molecule has 6 heteroatoms. The first kappa shape index (κ1) is 24.1. The Balaban J connectivity index is 1.75. The molecule has 0 radical (unpaired) electrons. The number of nitriles is 1. The highest BCUT2D eigenvalue weighted by Crippen LogP contribution is 2.32. The summed E-state index contributed by atoms with van der Waals surface area (Å²) >= 11 is 6.21. The second-order valence-corrected chi connectivity index (χ2v) is 9.33. The molecule has 0 aliphatic carbocycles. The number of hydrogen-bond donors (Lipinski definition) is 0. The summed E-state index contributed by atoms with van der Waals surface area (Å²) in [5.74, 6) is 0.366. The summed E-state index contributed by atoms with van der Waals surface area (Å²) in [6.45, 7) is 7.04. The molecule has 0 bridgehead atoms. The van der Waals surface area contributed by atoms with Crippen molar-refractivity contribution in [3.05, 3.63) is 69.5 Å². The van der Waals surface area contributed by atoms with Gasteiger partial charge in [0.15, 0.2) is 0 Å². The Hall–Kier alpha value is -2.58. The molecule has 170 valence electrons. The van der Waals surface area contributed by atoms with Gasteiger partial charge in [-0.05, 0) is 99.2 Å². The molecule has 1 aliphatic rings. The third-order valence-corrected chi connectivity index (χ3v) is 6.55. The van der Waals surface area contributed by atoms with Crippen LogP contribution in [0, 0.1) is 35.9 Å². The minimum Gasteiger partial charge on any atom is -0.447 e. The average Bonchev–Trinajstić information content (AvgIpc) is 3.23. The van der Waals surface area contributed by atoms with Crippen LogP contribution in [-0.2, 0) is 17.6 Å². The van der Waals surface area contributed by atoms with Crippen molar-refractivity contribution >= 4 is 17.7 Å². The number of likely N-dealkylation sites (tertiary alicyclic amines) is 1. The first-order valence-electron chi connectivity index (χ1n) is 11.2. The molecule has 0 saturated carbocycles. The Morgan fingerprint density at radius 2 is 2.09 bits per heavy atom. The quantitative estimate of drug-likeness (QED) is 0.490. The smallest absolute Gasteiger partial charge is 0.410 e. The van der Waals surface area contributed by atoms with E-state index in [4.69, 9.17) is 21.6 Å². The van der Waals surface area contributed by atoms with E-state index < -0.39 is 0 Å². The van der Waals surface area contributed by atoms with Crippen molar-refractivity contribution in [1.29, 1.82) is 5.26 Å². The van der Waals surface area contributed by atoms with Crippen LogP contribution < -0.4 is 0 Å².